The summed E-state index contributed by atoms with van der Waals surface area (Å²) in [7, 11) is -0.231. The quantitative estimate of drug-likeness (QED) is 0.488. The molecular weight excluding hydrogens is 500 g/mol. The molecule has 0 bridgehead atoms. The van der Waals surface area contributed by atoms with Crippen molar-refractivity contribution in [2.45, 2.75) is 30.1 Å². The van der Waals surface area contributed by atoms with Gasteiger partial charge in [-0.15, -0.1) is 0 Å². The van der Waals surface area contributed by atoms with Gasteiger partial charge in [0, 0.05) is 51.2 Å². The topological polar surface area (TPSA) is 76.2 Å². The van der Waals surface area contributed by atoms with Crippen molar-refractivity contribution in [3.63, 3.8) is 0 Å². The van der Waals surface area contributed by atoms with E-state index in [1.54, 1.807) is 37.2 Å². The van der Waals surface area contributed by atoms with Gasteiger partial charge < -0.3 is 14.4 Å². The third-order valence-electron chi connectivity index (χ3n) is 6.66. The van der Waals surface area contributed by atoms with Gasteiger partial charge in [0.15, 0.2) is 0 Å². The monoisotopic (exact) mass is 526 g/mol. The summed E-state index contributed by atoms with van der Waals surface area (Å²) in [6.45, 7) is 0.926. The predicted octanol–water partition coefficient (Wildman–Crippen LogP) is 4.80. The number of rotatable bonds is 4. The van der Waals surface area contributed by atoms with Gasteiger partial charge >= 0.3 is 0 Å². The number of amides is 1. The number of fused-ring (bicyclic) bond motifs is 1. The Hall–Kier alpha value is -2.91. The first-order valence-electron chi connectivity index (χ1n) is 11.7. The fourth-order valence-electron chi connectivity index (χ4n) is 4.58. The van der Waals surface area contributed by atoms with Crippen LogP contribution in [0.2, 0.25) is 5.02 Å². The molecule has 5 rings (SSSR count). The summed E-state index contributed by atoms with van der Waals surface area (Å²) in [5.74, 6) is -0.147. The van der Waals surface area contributed by atoms with E-state index in [2.05, 4.69) is 0 Å². The van der Waals surface area contributed by atoms with Crippen molar-refractivity contribution in [3.05, 3.63) is 82.9 Å². The predicted molar refractivity (Wildman–Crippen MR) is 137 cm³/mol. The van der Waals surface area contributed by atoms with Gasteiger partial charge in [0.2, 0.25) is 15.8 Å². The molecule has 2 aliphatic heterocycles. The highest BCUT2D eigenvalue weighted by Gasteiger charge is 2.44. The molecule has 0 atom stereocenters. The van der Waals surface area contributed by atoms with Crippen molar-refractivity contribution in [2.75, 3.05) is 27.2 Å². The molecule has 1 amide bonds. The number of halogens is 1. The van der Waals surface area contributed by atoms with Gasteiger partial charge in [0.25, 0.3) is 5.91 Å². The van der Waals surface area contributed by atoms with Gasteiger partial charge in [-0.25, -0.2) is 8.42 Å². The molecular formula is C27H27ClN2O5S. The van der Waals surface area contributed by atoms with E-state index in [4.69, 9.17) is 21.1 Å². The van der Waals surface area contributed by atoms with Gasteiger partial charge in [-0.3, -0.25) is 4.79 Å². The highest BCUT2D eigenvalue weighted by molar-refractivity contribution is 7.89. The van der Waals surface area contributed by atoms with Gasteiger partial charge in [-0.2, -0.15) is 4.31 Å². The maximum Gasteiger partial charge on any atom is 0.253 e. The molecule has 0 aromatic heterocycles. The first-order valence-corrected chi connectivity index (χ1v) is 13.5. The van der Waals surface area contributed by atoms with Crippen molar-refractivity contribution >= 4 is 27.5 Å². The molecule has 0 aliphatic carbocycles. The van der Waals surface area contributed by atoms with Crippen LogP contribution in [0.5, 0.6) is 5.75 Å². The van der Waals surface area contributed by atoms with Crippen molar-refractivity contribution in [3.8, 4) is 16.9 Å². The minimum atomic E-state index is -3.69. The lowest BCUT2D eigenvalue weighted by Crippen LogP contribution is -2.52. The number of sulfonamides is 1. The molecule has 0 unspecified atom stereocenters. The molecule has 3 aromatic rings. The Morgan fingerprint density at radius 1 is 0.972 bits per heavy atom. The maximum absolute atomic E-state index is 13.1. The second kappa shape index (κ2) is 9.52. The number of hydrogen-bond donors (Lipinski definition) is 0. The van der Waals surface area contributed by atoms with E-state index >= 15 is 0 Å². The zero-order valence-electron chi connectivity index (χ0n) is 20.1. The summed E-state index contributed by atoms with van der Waals surface area (Å²) >= 11 is 6.15. The fourth-order valence-corrected chi connectivity index (χ4v) is 6.52. The van der Waals surface area contributed by atoms with Crippen molar-refractivity contribution in [2.24, 2.45) is 0 Å². The zero-order chi connectivity index (χ0) is 25.5. The minimum Gasteiger partial charge on any atom is -0.462 e. The Bertz CT molecular complexity index is 1400. The van der Waals surface area contributed by atoms with Crippen LogP contribution in [-0.4, -0.2) is 56.5 Å². The Morgan fingerprint density at radius 3 is 2.31 bits per heavy atom. The summed E-state index contributed by atoms with van der Waals surface area (Å²) in [5, 5.41) is 0.214. The Balaban J connectivity index is 1.28. The third-order valence-corrected chi connectivity index (χ3v) is 9.06. The Kier molecular flexibility index (Phi) is 6.55. The molecule has 9 heteroatoms. The van der Waals surface area contributed by atoms with Crippen molar-refractivity contribution in [1.29, 1.82) is 0 Å². The van der Waals surface area contributed by atoms with Crippen molar-refractivity contribution in [1.82, 2.24) is 9.21 Å². The van der Waals surface area contributed by atoms with Gasteiger partial charge in [-0.1, -0.05) is 41.9 Å². The van der Waals surface area contributed by atoms with Crippen LogP contribution in [0.25, 0.3) is 11.1 Å². The largest absolute Gasteiger partial charge is 0.462 e. The van der Waals surface area contributed by atoms with Crippen LogP contribution in [-0.2, 0) is 21.4 Å². The Morgan fingerprint density at radius 2 is 1.64 bits per heavy atom. The molecule has 1 fully saturated rings. The van der Waals surface area contributed by atoms with E-state index in [1.165, 1.54) is 10.4 Å². The van der Waals surface area contributed by atoms with Crippen LogP contribution < -0.4 is 4.74 Å². The number of ether oxygens (including phenoxy) is 2. The van der Waals surface area contributed by atoms with E-state index < -0.39 is 15.8 Å². The minimum absolute atomic E-state index is 0.0372. The smallest absolute Gasteiger partial charge is 0.253 e. The maximum atomic E-state index is 13.1. The lowest BCUT2D eigenvalue weighted by atomic mass is 9.99. The van der Waals surface area contributed by atoms with E-state index in [0.29, 0.717) is 25.0 Å². The number of piperidine rings is 1. The van der Waals surface area contributed by atoms with Crippen LogP contribution >= 0.6 is 11.6 Å². The van der Waals surface area contributed by atoms with Crippen LogP contribution in [0.4, 0.5) is 0 Å². The second-order valence-corrected chi connectivity index (χ2v) is 11.5. The van der Waals surface area contributed by atoms with Gasteiger partial charge in [0.05, 0.1) is 11.6 Å². The van der Waals surface area contributed by atoms with Gasteiger partial charge in [0.1, 0.15) is 10.6 Å². The highest BCUT2D eigenvalue weighted by Crippen LogP contribution is 2.40. The average Bonchev–Trinajstić information content (AvgIpc) is 2.88. The molecule has 1 spiro atoms. The summed E-state index contributed by atoms with van der Waals surface area (Å²) in [6, 6.07) is 19.9. The zero-order valence-corrected chi connectivity index (χ0v) is 21.7. The highest BCUT2D eigenvalue weighted by atomic mass is 35.5. The molecule has 2 aliphatic rings. The van der Waals surface area contributed by atoms with Crippen LogP contribution in [0.15, 0.2) is 71.6 Å². The average molecular weight is 527 g/mol. The first kappa shape index (κ1) is 24.8. The molecule has 7 nitrogen and oxygen atoms in total. The van der Waals surface area contributed by atoms with Crippen LogP contribution in [0.1, 0.15) is 28.8 Å². The molecule has 0 N–H and O–H groups in total. The molecule has 188 valence electrons. The SMILES string of the molecule is CN(C)C(=O)c1ccc(-c2ccc3c(c2)COC2(CCN(S(=O)(=O)c4ccccc4Cl)CC2)O3)cc1. The molecule has 1 saturated heterocycles. The number of benzene rings is 3. The van der Waals surface area contributed by atoms with E-state index in [-0.39, 0.29) is 28.9 Å². The van der Waals surface area contributed by atoms with Crippen LogP contribution in [0, 0.1) is 0 Å². The third kappa shape index (κ3) is 4.62. The molecule has 0 radical (unpaired) electrons. The number of carbonyl (C=O) groups is 1. The Labute approximate surface area is 216 Å². The van der Waals surface area contributed by atoms with E-state index in [1.807, 2.05) is 42.5 Å². The van der Waals surface area contributed by atoms with Crippen molar-refractivity contribution < 1.29 is 22.7 Å². The molecule has 2 heterocycles. The summed E-state index contributed by atoms with van der Waals surface area (Å²) in [4.78, 5) is 13.8. The lowest BCUT2D eigenvalue weighted by Gasteiger charge is -2.43. The summed E-state index contributed by atoms with van der Waals surface area (Å²) in [5.41, 5.74) is 3.56. The van der Waals surface area contributed by atoms with Crippen LogP contribution in [0.3, 0.4) is 0 Å². The normalized spacial score (nSPS) is 17.3. The number of nitrogens with zero attached hydrogens (tertiary/aromatic N) is 2. The molecule has 0 saturated carbocycles. The first-order chi connectivity index (χ1) is 17.2. The summed E-state index contributed by atoms with van der Waals surface area (Å²) < 4.78 is 40.1. The second-order valence-electron chi connectivity index (χ2n) is 9.24. The number of carbonyl (C=O) groups excluding carboxylic acids is 1. The summed E-state index contributed by atoms with van der Waals surface area (Å²) in [6.07, 6.45) is 0.832. The standard InChI is InChI=1S/C27H27ClN2O5S/c1-29(2)26(31)20-9-7-19(8-10-20)21-11-12-24-22(17-21)18-34-27(35-24)13-15-30(16-14-27)36(32,33)25-6-4-3-5-23(25)28/h3-12,17H,13-16,18H2,1-2H3. The van der Waals surface area contributed by atoms with E-state index in [0.717, 1.165) is 22.4 Å². The number of hydrogen-bond acceptors (Lipinski definition) is 5. The lowest BCUT2D eigenvalue weighted by molar-refractivity contribution is -0.223. The molecule has 36 heavy (non-hydrogen) atoms. The molecule has 3 aromatic carbocycles. The van der Waals surface area contributed by atoms with E-state index in [9.17, 15) is 13.2 Å². The fraction of sp³-hybridized carbons (Fsp3) is 0.296. The van der Waals surface area contributed by atoms with Gasteiger partial charge in [-0.05, 0) is 47.5 Å².